The molecule has 0 bridgehead atoms. The molecule has 1 aliphatic rings. The lowest BCUT2D eigenvalue weighted by molar-refractivity contribution is 0.263. The highest BCUT2D eigenvalue weighted by Crippen LogP contribution is 2.18. The number of nitrogens with two attached hydrogens (primary N) is 1. The van der Waals surface area contributed by atoms with E-state index in [-0.39, 0.29) is 5.82 Å². The van der Waals surface area contributed by atoms with Gasteiger partial charge in [-0.15, -0.1) is 0 Å². The maximum atomic E-state index is 13.9. The van der Waals surface area contributed by atoms with Gasteiger partial charge >= 0.3 is 0 Å². The average molecular weight is 251 g/mol. The van der Waals surface area contributed by atoms with Gasteiger partial charge in [0.05, 0.1) is 0 Å². The second-order valence-electron chi connectivity index (χ2n) is 5.27. The first kappa shape index (κ1) is 13.5. The second kappa shape index (κ2) is 5.78. The molecule has 0 aliphatic carbocycles. The highest BCUT2D eigenvalue weighted by Gasteiger charge is 2.24. The van der Waals surface area contributed by atoms with Crippen molar-refractivity contribution in [3.05, 3.63) is 35.1 Å². The predicted octanol–water partition coefficient (Wildman–Crippen LogP) is 1.42. The normalized spacial score (nSPS) is 20.8. The van der Waals surface area contributed by atoms with Crippen LogP contribution in [-0.2, 0) is 13.1 Å². The highest BCUT2D eigenvalue weighted by atomic mass is 19.1. The number of nitrogens with zero attached hydrogens (tertiary/aromatic N) is 2. The molecular weight excluding hydrogens is 229 g/mol. The van der Waals surface area contributed by atoms with Crippen LogP contribution in [0.3, 0.4) is 0 Å². The predicted molar refractivity (Wildman–Crippen MR) is 71.7 cm³/mol. The molecule has 1 heterocycles. The number of hydrogen-bond donors (Lipinski definition) is 1. The lowest BCUT2D eigenvalue weighted by Crippen LogP contribution is -2.31. The lowest BCUT2D eigenvalue weighted by Gasteiger charge is -2.20. The van der Waals surface area contributed by atoms with Gasteiger partial charge in [-0.05, 0) is 32.1 Å². The number of rotatable bonds is 4. The number of benzene rings is 1. The van der Waals surface area contributed by atoms with Gasteiger partial charge in [0.2, 0.25) is 0 Å². The first-order valence-corrected chi connectivity index (χ1v) is 6.46. The fourth-order valence-corrected chi connectivity index (χ4v) is 2.46. The van der Waals surface area contributed by atoms with Crippen LogP contribution >= 0.6 is 0 Å². The number of likely N-dealkylation sites (N-methyl/N-ethyl adjacent to an activating group) is 1. The summed E-state index contributed by atoms with van der Waals surface area (Å²) in [4.78, 5) is 4.55. The summed E-state index contributed by atoms with van der Waals surface area (Å²) in [6.45, 7) is 3.15. The SMILES string of the molecule is CN(C)C1CCN(Cc2ccc(CN)cc2F)C1. The minimum atomic E-state index is -0.133. The summed E-state index contributed by atoms with van der Waals surface area (Å²) in [6.07, 6.45) is 1.16. The summed E-state index contributed by atoms with van der Waals surface area (Å²) >= 11 is 0. The molecule has 2 N–H and O–H groups in total. The maximum Gasteiger partial charge on any atom is 0.128 e. The van der Waals surface area contributed by atoms with Crippen LogP contribution in [0.2, 0.25) is 0 Å². The molecular formula is C14H22FN3. The van der Waals surface area contributed by atoms with Crippen LogP contribution in [0.5, 0.6) is 0 Å². The van der Waals surface area contributed by atoms with Crippen molar-refractivity contribution in [3.8, 4) is 0 Å². The van der Waals surface area contributed by atoms with E-state index in [0.717, 1.165) is 30.6 Å². The third-order valence-electron chi connectivity index (χ3n) is 3.72. The van der Waals surface area contributed by atoms with Gasteiger partial charge in [0.1, 0.15) is 5.82 Å². The standard InChI is InChI=1S/C14H22FN3/c1-17(2)13-5-6-18(10-13)9-12-4-3-11(8-16)7-14(12)15/h3-4,7,13H,5-6,8-10,16H2,1-2H3. The molecule has 2 rings (SSSR count). The van der Waals surface area contributed by atoms with Crippen LogP contribution in [0.25, 0.3) is 0 Å². The maximum absolute atomic E-state index is 13.9. The topological polar surface area (TPSA) is 32.5 Å². The molecule has 0 radical (unpaired) electrons. The van der Waals surface area contributed by atoms with Crippen molar-refractivity contribution in [2.45, 2.75) is 25.6 Å². The molecule has 0 aromatic heterocycles. The van der Waals surface area contributed by atoms with Crippen molar-refractivity contribution >= 4 is 0 Å². The van der Waals surface area contributed by atoms with Gasteiger partial charge in [0.15, 0.2) is 0 Å². The smallest absolute Gasteiger partial charge is 0.128 e. The highest BCUT2D eigenvalue weighted by molar-refractivity contribution is 5.24. The molecule has 1 saturated heterocycles. The van der Waals surface area contributed by atoms with Crippen LogP contribution in [0.4, 0.5) is 4.39 Å². The van der Waals surface area contributed by atoms with E-state index in [2.05, 4.69) is 23.9 Å². The second-order valence-corrected chi connectivity index (χ2v) is 5.27. The van der Waals surface area contributed by atoms with Crippen LogP contribution < -0.4 is 5.73 Å². The number of hydrogen-bond acceptors (Lipinski definition) is 3. The first-order valence-electron chi connectivity index (χ1n) is 6.46. The Labute approximate surface area is 108 Å². The van der Waals surface area contributed by atoms with Crippen LogP contribution in [-0.4, -0.2) is 43.0 Å². The van der Waals surface area contributed by atoms with Gasteiger partial charge in [0.25, 0.3) is 0 Å². The summed E-state index contributed by atoms with van der Waals surface area (Å²) in [7, 11) is 4.20. The van der Waals surface area contributed by atoms with Crippen molar-refractivity contribution in [3.63, 3.8) is 0 Å². The summed E-state index contributed by atoms with van der Waals surface area (Å²) in [6, 6.07) is 5.92. The van der Waals surface area contributed by atoms with Gasteiger partial charge in [-0.2, -0.15) is 0 Å². The minimum Gasteiger partial charge on any atom is -0.326 e. The van der Waals surface area contributed by atoms with Crippen LogP contribution in [0.15, 0.2) is 18.2 Å². The first-order chi connectivity index (χ1) is 8.60. The molecule has 100 valence electrons. The van der Waals surface area contributed by atoms with E-state index < -0.39 is 0 Å². The average Bonchev–Trinajstić information content (AvgIpc) is 2.80. The Bertz CT molecular complexity index is 406. The largest absolute Gasteiger partial charge is 0.326 e. The van der Waals surface area contributed by atoms with E-state index >= 15 is 0 Å². The van der Waals surface area contributed by atoms with Gasteiger partial charge < -0.3 is 10.6 Å². The van der Waals surface area contributed by atoms with Crippen LogP contribution in [0, 0.1) is 5.82 Å². The zero-order valence-corrected chi connectivity index (χ0v) is 11.2. The fraction of sp³-hybridized carbons (Fsp3) is 0.571. The van der Waals surface area contributed by atoms with E-state index in [0.29, 0.717) is 19.1 Å². The summed E-state index contributed by atoms with van der Waals surface area (Å²) in [5, 5.41) is 0. The van der Waals surface area contributed by atoms with Gasteiger partial charge in [-0.25, -0.2) is 4.39 Å². The van der Waals surface area contributed by atoms with E-state index in [9.17, 15) is 4.39 Å². The van der Waals surface area contributed by atoms with Crippen molar-refractivity contribution in [2.24, 2.45) is 5.73 Å². The van der Waals surface area contributed by atoms with Crippen molar-refractivity contribution in [1.29, 1.82) is 0 Å². The molecule has 1 unspecified atom stereocenters. The molecule has 4 heteroatoms. The summed E-state index contributed by atoms with van der Waals surface area (Å²) in [5.41, 5.74) is 7.12. The van der Waals surface area contributed by atoms with E-state index in [1.165, 1.54) is 0 Å². The minimum absolute atomic E-state index is 0.133. The van der Waals surface area contributed by atoms with E-state index in [4.69, 9.17) is 5.73 Å². The Morgan fingerprint density at radius 3 is 2.78 bits per heavy atom. The molecule has 1 aromatic carbocycles. The quantitative estimate of drug-likeness (QED) is 0.878. The van der Waals surface area contributed by atoms with Gasteiger partial charge in [-0.1, -0.05) is 12.1 Å². The third-order valence-corrected chi connectivity index (χ3v) is 3.72. The third kappa shape index (κ3) is 3.07. The Morgan fingerprint density at radius 2 is 2.22 bits per heavy atom. The molecule has 18 heavy (non-hydrogen) atoms. The lowest BCUT2D eigenvalue weighted by atomic mass is 10.1. The van der Waals surface area contributed by atoms with E-state index in [1.807, 2.05) is 12.1 Å². The van der Waals surface area contributed by atoms with E-state index in [1.54, 1.807) is 6.07 Å². The zero-order chi connectivity index (χ0) is 13.1. The van der Waals surface area contributed by atoms with Crippen molar-refractivity contribution in [1.82, 2.24) is 9.80 Å². The Balaban J connectivity index is 1.98. The van der Waals surface area contributed by atoms with Crippen molar-refractivity contribution < 1.29 is 4.39 Å². The molecule has 1 aromatic rings. The van der Waals surface area contributed by atoms with Gasteiger partial charge in [0, 0.05) is 37.8 Å². The Kier molecular flexibility index (Phi) is 4.32. The molecule has 1 aliphatic heterocycles. The zero-order valence-electron chi connectivity index (χ0n) is 11.2. The Morgan fingerprint density at radius 1 is 1.44 bits per heavy atom. The molecule has 0 amide bonds. The van der Waals surface area contributed by atoms with Crippen LogP contribution in [0.1, 0.15) is 17.5 Å². The summed E-state index contributed by atoms with van der Waals surface area (Å²) < 4.78 is 13.9. The van der Waals surface area contributed by atoms with Gasteiger partial charge in [-0.3, -0.25) is 4.90 Å². The Hall–Kier alpha value is -0.970. The molecule has 0 spiro atoms. The molecule has 1 atom stereocenters. The number of halogens is 1. The monoisotopic (exact) mass is 251 g/mol. The summed E-state index contributed by atoms with van der Waals surface area (Å²) in [5.74, 6) is -0.133. The molecule has 0 saturated carbocycles. The molecule has 3 nitrogen and oxygen atoms in total. The number of likely N-dealkylation sites (tertiary alicyclic amines) is 1. The van der Waals surface area contributed by atoms with Crippen molar-refractivity contribution in [2.75, 3.05) is 27.2 Å². The fourth-order valence-electron chi connectivity index (χ4n) is 2.46. The molecule has 1 fully saturated rings.